The fraction of sp³-hybridized carbons (Fsp3) is 0.786. The lowest BCUT2D eigenvalue weighted by molar-refractivity contribution is -0.136. The van der Waals surface area contributed by atoms with Gasteiger partial charge < -0.3 is 15.2 Å². The van der Waals surface area contributed by atoms with Gasteiger partial charge in [0, 0.05) is 18.7 Å². The summed E-state index contributed by atoms with van der Waals surface area (Å²) in [7, 11) is 1.38. The van der Waals surface area contributed by atoms with Crippen LogP contribution in [0.15, 0.2) is 11.6 Å². The van der Waals surface area contributed by atoms with Crippen LogP contribution in [0.2, 0.25) is 0 Å². The van der Waals surface area contributed by atoms with Gasteiger partial charge in [-0.05, 0) is 18.3 Å². The minimum absolute atomic E-state index is 0.123. The Kier molecular flexibility index (Phi) is 7.87. The third-order valence-electron chi connectivity index (χ3n) is 2.55. The first kappa shape index (κ1) is 17.1. The zero-order valence-corrected chi connectivity index (χ0v) is 12.2. The van der Waals surface area contributed by atoms with Crippen LogP contribution in [-0.4, -0.2) is 37.4 Å². The summed E-state index contributed by atoms with van der Waals surface area (Å²) < 4.78 is 4.66. The molecule has 0 aromatic heterocycles. The van der Waals surface area contributed by atoms with Crippen molar-refractivity contribution in [1.29, 1.82) is 0 Å². The SMILES string of the molecule is CCC(=CCNCC(O)CC(C)(C)C)C(=O)OC. The van der Waals surface area contributed by atoms with E-state index in [0.29, 0.717) is 25.1 Å². The summed E-state index contributed by atoms with van der Waals surface area (Å²) in [6.07, 6.45) is 2.86. The van der Waals surface area contributed by atoms with Crippen molar-refractivity contribution in [1.82, 2.24) is 5.32 Å². The lowest BCUT2D eigenvalue weighted by Crippen LogP contribution is -2.30. The number of ether oxygens (including phenoxy) is 1. The Morgan fingerprint density at radius 3 is 2.50 bits per heavy atom. The smallest absolute Gasteiger partial charge is 0.333 e. The van der Waals surface area contributed by atoms with Crippen molar-refractivity contribution in [2.75, 3.05) is 20.2 Å². The molecular formula is C14H27NO3. The van der Waals surface area contributed by atoms with Crippen molar-refractivity contribution < 1.29 is 14.6 Å². The number of nitrogens with one attached hydrogen (secondary N) is 1. The highest BCUT2D eigenvalue weighted by Crippen LogP contribution is 2.20. The molecule has 0 aliphatic rings. The Bertz CT molecular complexity index is 279. The maximum absolute atomic E-state index is 11.3. The number of rotatable bonds is 7. The highest BCUT2D eigenvalue weighted by molar-refractivity contribution is 5.88. The van der Waals surface area contributed by atoms with E-state index in [4.69, 9.17) is 0 Å². The molecule has 0 aliphatic heterocycles. The number of aliphatic hydroxyl groups excluding tert-OH is 1. The van der Waals surface area contributed by atoms with Crippen molar-refractivity contribution in [3.8, 4) is 0 Å². The van der Waals surface area contributed by atoms with Crippen LogP contribution >= 0.6 is 0 Å². The van der Waals surface area contributed by atoms with Gasteiger partial charge in [0.25, 0.3) is 0 Å². The van der Waals surface area contributed by atoms with Crippen molar-refractivity contribution in [2.45, 2.75) is 46.6 Å². The van der Waals surface area contributed by atoms with Gasteiger partial charge in [0.15, 0.2) is 0 Å². The summed E-state index contributed by atoms with van der Waals surface area (Å²) in [6, 6.07) is 0. The third-order valence-corrected chi connectivity index (χ3v) is 2.55. The van der Waals surface area contributed by atoms with Crippen LogP contribution in [0, 0.1) is 5.41 Å². The molecule has 0 aliphatic carbocycles. The van der Waals surface area contributed by atoms with E-state index in [1.165, 1.54) is 7.11 Å². The molecule has 18 heavy (non-hydrogen) atoms. The van der Waals surface area contributed by atoms with Gasteiger partial charge in [-0.3, -0.25) is 0 Å². The molecule has 0 spiro atoms. The number of carbonyl (C=O) groups excluding carboxylic acids is 1. The minimum atomic E-state index is -0.360. The molecule has 0 saturated carbocycles. The molecule has 106 valence electrons. The van der Waals surface area contributed by atoms with Crippen LogP contribution in [0.3, 0.4) is 0 Å². The standard InChI is InChI=1S/C14H27NO3/c1-6-11(13(17)18-5)7-8-15-10-12(16)9-14(2,3)4/h7,12,15-16H,6,8-10H2,1-5H3. The zero-order valence-electron chi connectivity index (χ0n) is 12.2. The number of carbonyl (C=O) groups is 1. The Labute approximate surface area is 110 Å². The number of aliphatic hydroxyl groups is 1. The van der Waals surface area contributed by atoms with E-state index in [2.05, 4.69) is 30.8 Å². The molecule has 2 N–H and O–H groups in total. The van der Waals surface area contributed by atoms with E-state index in [1.807, 2.05) is 13.0 Å². The van der Waals surface area contributed by atoms with Gasteiger partial charge >= 0.3 is 5.97 Å². The molecule has 0 aromatic rings. The predicted molar refractivity (Wildman–Crippen MR) is 73.3 cm³/mol. The first-order chi connectivity index (χ1) is 8.30. The summed E-state index contributed by atoms with van der Waals surface area (Å²) in [5.41, 5.74) is 0.785. The maximum atomic E-state index is 11.3. The molecule has 0 fully saturated rings. The summed E-state index contributed by atoms with van der Waals surface area (Å²) in [5, 5.41) is 12.9. The highest BCUT2D eigenvalue weighted by atomic mass is 16.5. The maximum Gasteiger partial charge on any atom is 0.333 e. The molecule has 1 atom stereocenters. The van der Waals surface area contributed by atoms with Crippen molar-refractivity contribution in [3.63, 3.8) is 0 Å². The number of esters is 1. The number of hydrogen-bond acceptors (Lipinski definition) is 4. The molecule has 0 aromatic carbocycles. The first-order valence-corrected chi connectivity index (χ1v) is 6.46. The van der Waals surface area contributed by atoms with E-state index < -0.39 is 0 Å². The highest BCUT2D eigenvalue weighted by Gasteiger charge is 2.16. The lowest BCUT2D eigenvalue weighted by Gasteiger charge is -2.22. The molecule has 0 bridgehead atoms. The van der Waals surface area contributed by atoms with Gasteiger partial charge in [0.1, 0.15) is 0 Å². The molecule has 1 unspecified atom stereocenters. The summed E-state index contributed by atoms with van der Waals surface area (Å²) in [5.74, 6) is -0.283. The average molecular weight is 257 g/mol. The van der Waals surface area contributed by atoms with Gasteiger partial charge in [0.2, 0.25) is 0 Å². The van der Waals surface area contributed by atoms with Gasteiger partial charge in [-0.1, -0.05) is 33.8 Å². The van der Waals surface area contributed by atoms with Gasteiger partial charge in [-0.25, -0.2) is 4.79 Å². The van der Waals surface area contributed by atoms with Gasteiger partial charge in [-0.2, -0.15) is 0 Å². The fourth-order valence-corrected chi connectivity index (χ4v) is 1.73. The predicted octanol–water partition coefficient (Wildman–Crippen LogP) is 1.88. The summed E-state index contributed by atoms with van der Waals surface area (Å²) in [4.78, 5) is 11.3. The van der Waals surface area contributed by atoms with E-state index in [0.717, 1.165) is 6.42 Å². The van der Waals surface area contributed by atoms with Gasteiger partial charge in [0.05, 0.1) is 13.2 Å². The second kappa shape index (κ2) is 8.27. The molecule has 0 heterocycles. The molecule has 0 amide bonds. The number of methoxy groups -OCH3 is 1. The Hall–Kier alpha value is -0.870. The van der Waals surface area contributed by atoms with Crippen LogP contribution in [-0.2, 0) is 9.53 Å². The largest absolute Gasteiger partial charge is 0.466 e. The second-order valence-corrected chi connectivity index (χ2v) is 5.65. The van der Waals surface area contributed by atoms with E-state index in [9.17, 15) is 9.90 Å². The molecular weight excluding hydrogens is 230 g/mol. The Balaban J connectivity index is 3.97. The third kappa shape index (κ3) is 8.25. The zero-order chi connectivity index (χ0) is 14.2. The van der Waals surface area contributed by atoms with Crippen LogP contribution in [0.5, 0.6) is 0 Å². The molecule has 0 rings (SSSR count). The Morgan fingerprint density at radius 1 is 1.44 bits per heavy atom. The van der Waals surface area contributed by atoms with Crippen molar-refractivity contribution in [3.05, 3.63) is 11.6 Å². The minimum Gasteiger partial charge on any atom is -0.466 e. The van der Waals surface area contributed by atoms with Crippen molar-refractivity contribution >= 4 is 5.97 Å². The molecule has 0 saturated heterocycles. The number of hydrogen-bond donors (Lipinski definition) is 2. The molecule has 4 nitrogen and oxygen atoms in total. The first-order valence-electron chi connectivity index (χ1n) is 6.46. The van der Waals surface area contributed by atoms with Crippen LogP contribution in [0.25, 0.3) is 0 Å². The van der Waals surface area contributed by atoms with E-state index in [-0.39, 0.29) is 17.5 Å². The van der Waals surface area contributed by atoms with Crippen molar-refractivity contribution in [2.24, 2.45) is 5.41 Å². The fourth-order valence-electron chi connectivity index (χ4n) is 1.73. The summed E-state index contributed by atoms with van der Waals surface area (Å²) in [6.45, 7) is 9.32. The van der Waals surface area contributed by atoms with Crippen LogP contribution < -0.4 is 5.32 Å². The van der Waals surface area contributed by atoms with Crippen LogP contribution in [0.4, 0.5) is 0 Å². The van der Waals surface area contributed by atoms with Crippen LogP contribution in [0.1, 0.15) is 40.5 Å². The van der Waals surface area contributed by atoms with Gasteiger partial charge in [-0.15, -0.1) is 0 Å². The average Bonchev–Trinajstić information content (AvgIpc) is 2.26. The normalized spacial score (nSPS) is 14.4. The second-order valence-electron chi connectivity index (χ2n) is 5.65. The quantitative estimate of drug-likeness (QED) is 0.415. The molecule has 4 heteroatoms. The topological polar surface area (TPSA) is 58.6 Å². The lowest BCUT2D eigenvalue weighted by atomic mass is 9.89. The summed E-state index contributed by atoms with van der Waals surface area (Å²) >= 11 is 0. The molecule has 0 radical (unpaired) electrons. The monoisotopic (exact) mass is 257 g/mol. The van der Waals surface area contributed by atoms with E-state index in [1.54, 1.807) is 0 Å². The Morgan fingerprint density at radius 2 is 2.06 bits per heavy atom. The van der Waals surface area contributed by atoms with E-state index >= 15 is 0 Å².